The average Bonchev–Trinajstić information content (AvgIpc) is 2.49. The minimum Gasteiger partial charge on any atom is -0.241 e. The van der Waals surface area contributed by atoms with E-state index >= 15 is 0 Å². The smallest absolute Gasteiger partial charge is 0.241 e. The lowest BCUT2D eigenvalue weighted by atomic mass is 9.91. The molecule has 1 unspecified atom stereocenters. The van der Waals surface area contributed by atoms with Crippen LogP contribution in [0.3, 0.4) is 0 Å². The molecule has 0 nitrogen and oxygen atoms in total. The van der Waals surface area contributed by atoms with Crippen LogP contribution in [0.5, 0.6) is 0 Å². The molecule has 0 fully saturated rings. The molecule has 0 bridgehead atoms. The average molecular weight is 564 g/mol. The lowest BCUT2D eigenvalue weighted by Gasteiger charge is -2.42. The largest absolute Gasteiger partial charge is 0.424 e. The third-order valence-electron chi connectivity index (χ3n) is 3.43. The summed E-state index contributed by atoms with van der Waals surface area (Å²) in [6.45, 7) is 0. The summed E-state index contributed by atoms with van der Waals surface area (Å²) in [7, 11) is 0. The fraction of sp³-hybridized carbons (Fsp3) is 1.00. The third-order valence-corrected chi connectivity index (χ3v) is 6.59. The fourth-order valence-corrected chi connectivity index (χ4v) is 3.23. The van der Waals surface area contributed by atoms with Crippen LogP contribution in [0.2, 0.25) is 0 Å². The van der Waals surface area contributed by atoms with E-state index in [1.165, 1.54) is 0 Å². The summed E-state index contributed by atoms with van der Waals surface area (Å²) < 4.78 is 209. The van der Waals surface area contributed by atoms with E-state index in [4.69, 9.17) is 0 Å². The van der Waals surface area contributed by atoms with Crippen molar-refractivity contribution in [3.63, 3.8) is 0 Å². The van der Waals surface area contributed by atoms with Gasteiger partial charge in [-0.05, 0) is 6.42 Å². The van der Waals surface area contributed by atoms with E-state index in [9.17, 15) is 70.2 Å². The van der Waals surface area contributed by atoms with Gasteiger partial charge in [-0.1, -0.05) is 0 Å². The van der Waals surface area contributed by atoms with Crippen molar-refractivity contribution in [3.05, 3.63) is 0 Å². The zero-order valence-electron chi connectivity index (χ0n) is 13.2. The molecule has 30 heavy (non-hydrogen) atoms. The molecule has 0 aromatic carbocycles. The van der Waals surface area contributed by atoms with E-state index in [0.717, 1.165) is 0 Å². The normalized spacial score (nSPS) is 17.3. The van der Waals surface area contributed by atoms with Gasteiger partial charge in [0.15, 0.2) is 6.17 Å². The lowest BCUT2D eigenvalue weighted by Crippen LogP contribution is -2.73. The Hall–Kier alpha value is -0.0331. The first-order valence-electron chi connectivity index (χ1n) is 6.67. The molecular formula is C10H5Cl3F16Si. The molecule has 0 saturated carbocycles. The van der Waals surface area contributed by atoms with E-state index in [-0.39, 0.29) is 0 Å². The van der Waals surface area contributed by atoms with Crippen LogP contribution in [0.1, 0.15) is 12.8 Å². The van der Waals surface area contributed by atoms with Crippen molar-refractivity contribution >= 4 is 39.2 Å². The number of hydrogen-bond donors (Lipinski definition) is 0. The quantitative estimate of drug-likeness (QED) is 0.153. The maximum atomic E-state index is 13.4. The van der Waals surface area contributed by atoms with Crippen molar-refractivity contribution in [2.24, 2.45) is 0 Å². The predicted octanol–water partition coefficient (Wildman–Crippen LogP) is 7.67. The van der Waals surface area contributed by atoms with Gasteiger partial charge in [-0.3, -0.25) is 0 Å². The Morgan fingerprint density at radius 3 is 1.20 bits per heavy atom. The van der Waals surface area contributed by atoms with Crippen LogP contribution in [0, 0.1) is 0 Å². The summed E-state index contributed by atoms with van der Waals surface area (Å²) in [6, 6.07) is -6.48. The third kappa shape index (κ3) is 4.67. The Labute approximate surface area is 170 Å². The molecule has 20 heteroatoms. The molecule has 0 aromatic rings. The van der Waals surface area contributed by atoms with Gasteiger partial charge in [0.2, 0.25) is 0 Å². The molecule has 0 amide bonds. The van der Waals surface area contributed by atoms with E-state index < -0.39 is 66.4 Å². The summed E-state index contributed by atoms with van der Waals surface area (Å²) >= 11 is 13.1. The first-order valence-corrected chi connectivity index (χ1v) is 11.7. The van der Waals surface area contributed by atoms with Crippen LogP contribution in [-0.4, -0.2) is 53.5 Å². The van der Waals surface area contributed by atoms with Gasteiger partial charge in [0.05, 0.1) is 0 Å². The first kappa shape index (κ1) is 30.0. The van der Waals surface area contributed by atoms with Gasteiger partial charge < -0.3 is 0 Å². The van der Waals surface area contributed by atoms with E-state index in [0.29, 0.717) is 0 Å². The maximum absolute atomic E-state index is 13.4. The van der Waals surface area contributed by atoms with Crippen molar-refractivity contribution in [1.29, 1.82) is 0 Å². The Kier molecular flexibility index (Phi) is 8.07. The topological polar surface area (TPSA) is 0 Å². The molecule has 0 aliphatic rings. The minimum absolute atomic E-state index is 2.64. The van der Waals surface area contributed by atoms with Crippen LogP contribution < -0.4 is 0 Å². The lowest BCUT2D eigenvalue weighted by molar-refractivity contribution is -0.422. The van der Waals surface area contributed by atoms with Gasteiger partial charge in [0, 0.05) is 6.42 Å². The van der Waals surface area contributed by atoms with Gasteiger partial charge in [0.1, 0.15) is 0 Å². The number of halogens is 19. The first-order chi connectivity index (χ1) is 12.6. The van der Waals surface area contributed by atoms with E-state index in [1.807, 2.05) is 0 Å². The maximum Gasteiger partial charge on any atom is 0.424 e. The second kappa shape index (κ2) is 8.08. The molecule has 1 atom stereocenters. The standard InChI is InChI=1S/C10H5Cl3F16Si/c11-30(12,13)10(28,29)9(26,27)8(24,25)7(22,23)6(20,21)5(18,19)3(14)1-2-4(15,16)17/h3H,1-2H2. The van der Waals surface area contributed by atoms with Gasteiger partial charge in [-0.25, -0.2) is 4.39 Å². The van der Waals surface area contributed by atoms with Gasteiger partial charge in [-0.15, -0.1) is 33.2 Å². The molecule has 182 valence electrons. The summed E-state index contributed by atoms with van der Waals surface area (Å²) in [5.74, 6) is -39.1. The molecule has 0 rings (SSSR count). The second-order valence-electron chi connectivity index (χ2n) is 5.61. The van der Waals surface area contributed by atoms with Crippen LogP contribution in [0.25, 0.3) is 0 Å². The van der Waals surface area contributed by atoms with E-state index in [1.54, 1.807) is 0 Å². The van der Waals surface area contributed by atoms with Crippen LogP contribution >= 0.6 is 33.2 Å². The van der Waals surface area contributed by atoms with Gasteiger partial charge in [0.25, 0.3) is 0 Å². The van der Waals surface area contributed by atoms with Crippen molar-refractivity contribution in [3.8, 4) is 0 Å². The van der Waals surface area contributed by atoms with E-state index in [2.05, 4.69) is 33.2 Å². The Morgan fingerprint density at radius 2 is 0.900 bits per heavy atom. The number of alkyl halides is 16. The monoisotopic (exact) mass is 562 g/mol. The molecule has 0 N–H and O–H groups in total. The Morgan fingerprint density at radius 1 is 0.567 bits per heavy atom. The van der Waals surface area contributed by atoms with Crippen LogP contribution in [0.15, 0.2) is 0 Å². The van der Waals surface area contributed by atoms with Crippen molar-refractivity contribution in [2.75, 3.05) is 0 Å². The Balaban J connectivity index is 6.35. The summed E-state index contributed by atoms with van der Waals surface area (Å²) in [4.78, 5) is 0. The zero-order chi connectivity index (χ0) is 25.0. The SMILES string of the molecule is FC(CCC(F)(F)F)C(F)(F)C(F)(F)C(F)(F)C(F)(F)C(F)(F)C(F)(F)[Si](Cl)(Cl)Cl. The molecule has 0 aliphatic carbocycles. The van der Waals surface area contributed by atoms with Gasteiger partial charge in [-0.2, -0.15) is 65.9 Å². The van der Waals surface area contributed by atoms with Gasteiger partial charge >= 0.3 is 47.3 Å². The highest BCUT2D eigenvalue weighted by atomic mass is 35.8. The molecule has 0 spiro atoms. The highest BCUT2D eigenvalue weighted by Crippen LogP contribution is 2.63. The highest BCUT2D eigenvalue weighted by molar-refractivity contribution is 7.65. The fourth-order valence-electron chi connectivity index (χ4n) is 1.65. The van der Waals surface area contributed by atoms with Crippen LogP contribution in [0.4, 0.5) is 70.2 Å². The predicted molar refractivity (Wildman–Crippen MR) is 73.2 cm³/mol. The van der Waals surface area contributed by atoms with Crippen LogP contribution in [-0.2, 0) is 0 Å². The minimum atomic E-state index is -8.18. The summed E-state index contributed by atoms with van der Waals surface area (Å²) in [5, 5.41) is 0. The Bertz CT molecular complexity index is 609. The zero-order valence-corrected chi connectivity index (χ0v) is 16.4. The second-order valence-corrected chi connectivity index (χ2v) is 14.1. The summed E-state index contributed by atoms with van der Waals surface area (Å²) in [5.41, 5.74) is -6.76. The molecule has 0 saturated heterocycles. The molecule has 0 radical (unpaired) electrons. The van der Waals surface area contributed by atoms with Crippen molar-refractivity contribution in [1.82, 2.24) is 0 Å². The van der Waals surface area contributed by atoms with Crippen molar-refractivity contribution in [2.45, 2.75) is 60.3 Å². The molecular weight excluding hydrogens is 559 g/mol. The number of hydrogen-bond acceptors (Lipinski definition) is 0. The molecule has 0 aliphatic heterocycles. The number of rotatable bonds is 9. The van der Waals surface area contributed by atoms with Crippen molar-refractivity contribution < 1.29 is 70.2 Å². The highest BCUT2D eigenvalue weighted by Gasteiger charge is 2.92. The summed E-state index contributed by atoms with van der Waals surface area (Å²) in [6.07, 6.45) is -15.8. The molecule has 0 aromatic heterocycles. The molecule has 0 heterocycles.